The zero-order valence-corrected chi connectivity index (χ0v) is 23.3. The highest BCUT2D eigenvalue weighted by molar-refractivity contribution is 6.11. The molecular formula is C30H35N3O2Si. The average Bonchev–Trinajstić information content (AvgIpc) is 3.64. The summed E-state index contributed by atoms with van der Waals surface area (Å²) in [4.78, 5) is 18.4. The first kappa shape index (κ1) is 23.4. The number of aryl methyl sites for hydroxylation is 1. The van der Waals surface area contributed by atoms with Crippen LogP contribution >= 0.6 is 0 Å². The molecule has 2 N–H and O–H groups in total. The number of ether oxygens (including phenoxy) is 1. The third kappa shape index (κ3) is 4.48. The van der Waals surface area contributed by atoms with Gasteiger partial charge in [0.2, 0.25) is 0 Å². The second-order valence-electron chi connectivity index (χ2n) is 10.8. The minimum Gasteiger partial charge on any atom is -0.494 e. The number of fused-ring (bicyclic) bond motifs is 1. The van der Waals surface area contributed by atoms with Gasteiger partial charge in [0.05, 0.1) is 27.0 Å². The van der Waals surface area contributed by atoms with Crippen molar-refractivity contribution in [2.45, 2.75) is 69.2 Å². The summed E-state index contributed by atoms with van der Waals surface area (Å²) in [5.74, 6) is 0.756. The van der Waals surface area contributed by atoms with E-state index < -0.39 is 0 Å². The van der Waals surface area contributed by atoms with E-state index in [0.29, 0.717) is 11.6 Å². The first-order valence-corrected chi connectivity index (χ1v) is 14.6. The quantitative estimate of drug-likeness (QED) is 0.477. The van der Waals surface area contributed by atoms with Gasteiger partial charge in [-0.2, -0.15) is 0 Å². The van der Waals surface area contributed by atoms with Crippen LogP contribution in [0.3, 0.4) is 0 Å². The molecule has 0 radical (unpaired) electrons. The lowest BCUT2D eigenvalue weighted by Gasteiger charge is -2.33. The Kier molecular flexibility index (Phi) is 6.18. The van der Waals surface area contributed by atoms with Gasteiger partial charge >= 0.3 is 0 Å². The van der Waals surface area contributed by atoms with Crippen LogP contribution in [0.5, 0.6) is 5.75 Å². The topological polar surface area (TPSA) is 63.2 Å². The number of aromatic nitrogens is 1. The number of nitrogens with zero attached hydrogens (tertiary/aromatic N) is 1. The summed E-state index contributed by atoms with van der Waals surface area (Å²) in [5.41, 5.74) is 6.40. The van der Waals surface area contributed by atoms with Crippen LogP contribution < -0.4 is 15.4 Å². The number of nitrogens with one attached hydrogen (secondary N) is 2. The smallest absolute Gasteiger partial charge is 0.252 e. The highest BCUT2D eigenvalue weighted by Gasteiger charge is 2.47. The molecule has 1 saturated carbocycles. The van der Waals surface area contributed by atoms with E-state index in [4.69, 9.17) is 9.72 Å². The van der Waals surface area contributed by atoms with E-state index in [1.54, 1.807) is 0 Å². The standard InChI is InChI=1S/C30H35N3O2Si/c1-19-9-10-22(35-29(36)26-11-15-32-26)18-24(19)28(34)33-30(12-13-30)25-16-21(20-6-3-2-4-7-20)17-27-23(25)8-5-14-31-27/h5-6,8-10,14,16-18,26,29,32H,2-4,7,11-13,15H2,1,36H3,(H,33,34)/t26-,29?/m0/s1. The highest BCUT2D eigenvalue weighted by Crippen LogP contribution is 2.49. The third-order valence-electron chi connectivity index (χ3n) is 8.21. The second-order valence-corrected chi connectivity index (χ2v) is 11.9. The van der Waals surface area contributed by atoms with E-state index in [9.17, 15) is 4.79 Å². The Balaban J connectivity index is 1.30. The van der Waals surface area contributed by atoms with Crippen molar-refractivity contribution in [1.29, 1.82) is 0 Å². The maximum absolute atomic E-state index is 13.7. The molecule has 3 aliphatic rings. The summed E-state index contributed by atoms with van der Waals surface area (Å²) >= 11 is 0. The molecule has 6 rings (SSSR count). The Bertz CT molecular complexity index is 1340. The minimum absolute atomic E-state index is 0.0264. The number of carbonyl (C=O) groups excluding carboxylic acids is 1. The fourth-order valence-corrected chi connectivity index (χ4v) is 6.50. The van der Waals surface area contributed by atoms with Gasteiger partial charge in [-0.05, 0) is 111 Å². The zero-order valence-electron chi connectivity index (χ0n) is 21.3. The van der Waals surface area contributed by atoms with Crippen LogP contribution in [0.1, 0.15) is 72.0 Å². The van der Waals surface area contributed by atoms with Crippen LogP contribution in [0.15, 0.2) is 54.7 Å². The first-order chi connectivity index (χ1) is 17.5. The van der Waals surface area contributed by atoms with E-state index in [1.165, 1.54) is 29.5 Å². The molecule has 1 aromatic heterocycles. The number of hydrogen-bond donors (Lipinski definition) is 2. The molecule has 2 aliphatic carbocycles. The van der Waals surface area contributed by atoms with Crippen molar-refractivity contribution in [1.82, 2.24) is 15.6 Å². The molecule has 2 atom stereocenters. The van der Waals surface area contributed by atoms with E-state index in [0.717, 1.165) is 71.1 Å². The Morgan fingerprint density at radius 2 is 2.08 bits per heavy atom. The molecule has 186 valence electrons. The lowest BCUT2D eigenvalue weighted by Crippen LogP contribution is -2.53. The summed E-state index contributed by atoms with van der Waals surface area (Å²) < 4.78 is 6.24. The summed E-state index contributed by atoms with van der Waals surface area (Å²) in [5, 5.41) is 8.01. The molecule has 5 nitrogen and oxygen atoms in total. The highest BCUT2D eigenvalue weighted by atomic mass is 28.1. The van der Waals surface area contributed by atoms with Crippen molar-refractivity contribution in [2.24, 2.45) is 0 Å². The van der Waals surface area contributed by atoms with Gasteiger partial charge in [-0.25, -0.2) is 0 Å². The Morgan fingerprint density at radius 1 is 1.22 bits per heavy atom. The fourth-order valence-electron chi connectivity index (χ4n) is 5.66. The van der Waals surface area contributed by atoms with Gasteiger partial charge in [0.15, 0.2) is 0 Å². The number of carbonyl (C=O) groups is 1. The molecule has 1 saturated heterocycles. The van der Waals surface area contributed by atoms with Crippen LogP contribution in [0, 0.1) is 6.92 Å². The lowest BCUT2D eigenvalue weighted by atomic mass is 9.89. The van der Waals surface area contributed by atoms with Crippen molar-refractivity contribution in [3.8, 4) is 5.75 Å². The molecule has 36 heavy (non-hydrogen) atoms. The van der Waals surface area contributed by atoms with E-state index in [2.05, 4.69) is 34.9 Å². The molecule has 1 amide bonds. The van der Waals surface area contributed by atoms with Crippen molar-refractivity contribution in [3.05, 3.63) is 77.0 Å². The van der Waals surface area contributed by atoms with Crippen molar-refractivity contribution < 1.29 is 9.53 Å². The zero-order chi connectivity index (χ0) is 24.7. The van der Waals surface area contributed by atoms with Gasteiger partial charge < -0.3 is 15.4 Å². The third-order valence-corrected chi connectivity index (χ3v) is 9.25. The van der Waals surface area contributed by atoms with E-state index >= 15 is 0 Å². The molecule has 2 fully saturated rings. The van der Waals surface area contributed by atoms with E-state index in [-0.39, 0.29) is 17.2 Å². The predicted molar refractivity (Wildman–Crippen MR) is 149 cm³/mol. The second kappa shape index (κ2) is 9.49. The summed E-state index contributed by atoms with van der Waals surface area (Å²) in [7, 11) is 0.945. The number of rotatable bonds is 7. The largest absolute Gasteiger partial charge is 0.494 e. The normalized spacial score (nSPS) is 21.4. The molecule has 2 aromatic carbocycles. The first-order valence-electron chi connectivity index (χ1n) is 13.4. The summed E-state index contributed by atoms with van der Waals surface area (Å²) in [6.07, 6.45) is 12.0. The van der Waals surface area contributed by atoms with Gasteiger partial charge in [0.1, 0.15) is 5.75 Å². The Morgan fingerprint density at radius 3 is 2.81 bits per heavy atom. The van der Waals surface area contributed by atoms with Crippen molar-refractivity contribution in [2.75, 3.05) is 6.54 Å². The van der Waals surface area contributed by atoms with E-state index in [1.807, 2.05) is 37.4 Å². The molecule has 1 unspecified atom stereocenters. The maximum Gasteiger partial charge on any atom is 0.252 e. The van der Waals surface area contributed by atoms with Gasteiger partial charge in [0.25, 0.3) is 5.91 Å². The number of benzene rings is 2. The van der Waals surface area contributed by atoms with Gasteiger partial charge in [-0.15, -0.1) is 0 Å². The van der Waals surface area contributed by atoms with Crippen molar-refractivity contribution >= 4 is 32.6 Å². The number of pyridine rings is 1. The molecule has 2 heterocycles. The summed E-state index contributed by atoms with van der Waals surface area (Å²) in [6.45, 7) is 3.07. The number of hydrogen-bond acceptors (Lipinski definition) is 4. The number of amides is 1. The van der Waals surface area contributed by atoms with Gasteiger partial charge in [0, 0.05) is 23.2 Å². The van der Waals surface area contributed by atoms with Gasteiger partial charge in [-0.3, -0.25) is 9.78 Å². The Hall–Kier alpha value is -2.96. The molecule has 1 aliphatic heterocycles. The molecule has 0 bridgehead atoms. The SMILES string of the molecule is Cc1ccc(OC([SiH3])[C@@H]2CCN2)cc1C(=O)NC1(c2cc(C3=CCCCC3)cc3ncccc23)CC1. The monoisotopic (exact) mass is 497 g/mol. The molecular weight excluding hydrogens is 462 g/mol. The molecule has 6 heteroatoms. The predicted octanol–water partition coefficient (Wildman–Crippen LogP) is 4.35. The van der Waals surface area contributed by atoms with Crippen LogP contribution in [0.25, 0.3) is 16.5 Å². The van der Waals surface area contributed by atoms with Crippen LogP contribution in [0.2, 0.25) is 0 Å². The minimum atomic E-state index is -0.344. The van der Waals surface area contributed by atoms with Gasteiger partial charge in [-0.1, -0.05) is 18.2 Å². The van der Waals surface area contributed by atoms with Crippen LogP contribution in [0.4, 0.5) is 0 Å². The maximum atomic E-state index is 13.7. The number of allylic oxidation sites excluding steroid dienone is 2. The van der Waals surface area contributed by atoms with Crippen LogP contribution in [-0.2, 0) is 5.54 Å². The Labute approximate surface area is 216 Å². The lowest BCUT2D eigenvalue weighted by molar-refractivity contribution is 0.0929. The average molecular weight is 498 g/mol. The fraction of sp³-hybridized carbons (Fsp3) is 0.400. The molecule has 0 spiro atoms. The summed E-state index contributed by atoms with van der Waals surface area (Å²) in [6, 6.07) is 15.0. The molecule has 3 aromatic rings. The van der Waals surface area contributed by atoms with Crippen molar-refractivity contribution in [3.63, 3.8) is 0 Å². The van der Waals surface area contributed by atoms with Crippen LogP contribution in [-0.4, -0.2) is 39.4 Å².